The Balaban J connectivity index is 1.91. The zero-order chi connectivity index (χ0) is 16.1. The lowest BCUT2D eigenvalue weighted by atomic mass is 10.2. The van der Waals surface area contributed by atoms with Gasteiger partial charge in [-0.1, -0.05) is 15.9 Å². The van der Waals surface area contributed by atoms with Crippen LogP contribution in [-0.4, -0.2) is 23.7 Å². The molecule has 22 heavy (non-hydrogen) atoms. The number of carbonyl (C=O) groups is 2. The molecule has 6 heteroatoms. The maximum absolute atomic E-state index is 11.7. The van der Waals surface area contributed by atoms with Crippen LogP contribution in [0.25, 0.3) is 0 Å². The second kappa shape index (κ2) is 7.09. The number of benzene rings is 2. The molecule has 0 aliphatic carbocycles. The SMILES string of the molecule is Cc1cc(Br)ccc1OCC(=O)Oc1ccc(C(=O)O)cc1. The van der Waals surface area contributed by atoms with Crippen molar-refractivity contribution in [1.29, 1.82) is 0 Å². The summed E-state index contributed by atoms with van der Waals surface area (Å²) in [7, 11) is 0. The molecule has 0 unspecified atom stereocenters. The van der Waals surface area contributed by atoms with Crippen molar-refractivity contribution < 1.29 is 24.2 Å². The van der Waals surface area contributed by atoms with E-state index in [0.29, 0.717) is 5.75 Å². The predicted molar refractivity (Wildman–Crippen MR) is 83.4 cm³/mol. The average molecular weight is 365 g/mol. The van der Waals surface area contributed by atoms with E-state index in [2.05, 4.69) is 15.9 Å². The molecule has 5 nitrogen and oxygen atoms in total. The van der Waals surface area contributed by atoms with Crippen molar-refractivity contribution in [3.63, 3.8) is 0 Å². The molecule has 1 N–H and O–H groups in total. The van der Waals surface area contributed by atoms with Crippen LogP contribution in [0, 0.1) is 6.92 Å². The van der Waals surface area contributed by atoms with Gasteiger partial charge in [0, 0.05) is 4.47 Å². The number of carboxylic acids is 1. The first-order valence-corrected chi connectivity index (χ1v) is 7.18. The Kier molecular flexibility index (Phi) is 5.16. The molecule has 2 aromatic rings. The zero-order valence-corrected chi connectivity index (χ0v) is 13.3. The maximum Gasteiger partial charge on any atom is 0.349 e. The Morgan fingerprint density at radius 3 is 2.41 bits per heavy atom. The summed E-state index contributed by atoms with van der Waals surface area (Å²) in [6.45, 7) is 1.64. The first-order chi connectivity index (χ1) is 10.5. The third kappa shape index (κ3) is 4.33. The highest BCUT2D eigenvalue weighted by atomic mass is 79.9. The Morgan fingerprint density at radius 2 is 1.82 bits per heavy atom. The Labute approximate surface area is 135 Å². The minimum Gasteiger partial charge on any atom is -0.482 e. The molecule has 0 aliphatic rings. The van der Waals surface area contributed by atoms with Crippen LogP contribution in [0.5, 0.6) is 11.5 Å². The van der Waals surface area contributed by atoms with Gasteiger partial charge >= 0.3 is 11.9 Å². The molecule has 0 atom stereocenters. The lowest BCUT2D eigenvalue weighted by Gasteiger charge is -2.09. The van der Waals surface area contributed by atoms with E-state index < -0.39 is 11.9 Å². The summed E-state index contributed by atoms with van der Waals surface area (Å²) in [5.74, 6) is -0.732. The van der Waals surface area contributed by atoms with Gasteiger partial charge in [0.25, 0.3) is 0 Å². The number of hydrogen-bond donors (Lipinski definition) is 1. The number of ether oxygens (including phenoxy) is 2. The van der Waals surface area contributed by atoms with Crippen LogP contribution in [0.3, 0.4) is 0 Å². The molecule has 0 spiro atoms. The number of hydrogen-bond acceptors (Lipinski definition) is 4. The van der Waals surface area contributed by atoms with Crippen molar-refractivity contribution in [2.75, 3.05) is 6.61 Å². The molecule has 0 aromatic heterocycles. The van der Waals surface area contributed by atoms with Crippen molar-refractivity contribution in [3.8, 4) is 11.5 Å². The summed E-state index contributed by atoms with van der Waals surface area (Å²) >= 11 is 3.35. The van der Waals surface area contributed by atoms with Crippen LogP contribution in [0.15, 0.2) is 46.9 Å². The van der Waals surface area contributed by atoms with Crippen LogP contribution < -0.4 is 9.47 Å². The van der Waals surface area contributed by atoms with E-state index in [9.17, 15) is 9.59 Å². The van der Waals surface area contributed by atoms with Crippen LogP contribution in [0.4, 0.5) is 0 Å². The van der Waals surface area contributed by atoms with Crippen molar-refractivity contribution in [2.45, 2.75) is 6.92 Å². The lowest BCUT2D eigenvalue weighted by molar-refractivity contribution is -0.136. The molecule has 0 fully saturated rings. The minimum absolute atomic E-state index is 0.126. The monoisotopic (exact) mass is 364 g/mol. The van der Waals surface area contributed by atoms with E-state index in [0.717, 1.165) is 10.0 Å². The van der Waals surface area contributed by atoms with Crippen molar-refractivity contribution in [1.82, 2.24) is 0 Å². The van der Waals surface area contributed by atoms with Gasteiger partial charge in [-0.15, -0.1) is 0 Å². The van der Waals surface area contributed by atoms with E-state index in [4.69, 9.17) is 14.6 Å². The molecule has 0 aliphatic heterocycles. The fraction of sp³-hybridized carbons (Fsp3) is 0.125. The van der Waals surface area contributed by atoms with Crippen molar-refractivity contribution in [2.24, 2.45) is 0 Å². The largest absolute Gasteiger partial charge is 0.482 e. The third-order valence-corrected chi connectivity index (χ3v) is 3.31. The zero-order valence-electron chi connectivity index (χ0n) is 11.7. The van der Waals surface area contributed by atoms with Gasteiger partial charge < -0.3 is 14.6 Å². The normalized spacial score (nSPS) is 10.1. The number of esters is 1. The molecular weight excluding hydrogens is 352 g/mol. The highest BCUT2D eigenvalue weighted by molar-refractivity contribution is 9.10. The molecule has 2 rings (SSSR count). The molecule has 2 aromatic carbocycles. The van der Waals surface area contributed by atoms with E-state index >= 15 is 0 Å². The van der Waals surface area contributed by atoms with Crippen LogP contribution in [-0.2, 0) is 4.79 Å². The molecular formula is C16H13BrO5. The molecule has 0 saturated carbocycles. The lowest BCUT2D eigenvalue weighted by Crippen LogP contribution is -2.18. The van der Waals surface area contributed by atoms with Crippen LogP contribution in [0.2, 0.25) is 0 Å². The summed E-state index contributed by atoms with van der Waals surface area (Å²) in [6, 6.07) is 11.0. The molecule has 114 valence electrons. The van der Waals surface area contributed by atoms with Crippen LogP contribution >= 0.6 is 15.9 Å². The second-order valence-electron chi connectivity index (χ2n) is 4.50. The maximum atomic E-state index is 11.7. The molecule has 0 amide bonds. The smallest absolute Gasteiger partial charge is 0.349 e. The molecule has 0 radical (unpaired) electrons. The third-order valence-electron chi connectivity index (χ3n) is 2.82. The molecule has 0 heterocycles. The molecule has 0 bridgehead atoms. The number of carboxylic acid groups (broad SMARTS) is 1. The fourth-order valence-electron chi connectivity index (χ4n) is 1.74. The highest BCUT2D eigenvalue weighted by Gasteiger charge is 2.09. The quantitative estimate of drug-likeness (QED) is 0.649. The number of aromatic carboxylic acids is 1. The number of halogens is 1. The minimum atomic E-state index is -1.04. The Bertz CT molecular complexity index is 694. The highest BCUT2D eigenvalue weighted by Crippen LogP contribution is 2.22. The number of aryl methyl sites for hydroxylation is 1. The summed E-state index contributed by atoms with van der Waals surface area (Å²) in [6.07, 6.45) is 0. The number of rotatable bonds is 5. The summed E-state index contributed by atoms with van der Waals surface area (Å²) in [5, 5.41) is 8.78. The van der Waals surface area contributed by atoms with Gasteiger partial charge in [0.2, 0.25) is 0 Å². The van der Waals surface area contributed by atoms with Crippen LogP contribution in [0.1, 0.15) is 15.9 Å². The van der Waals surface area contributed by atoms with Gasteiger partial charge in [0.15, 0.2) is 6.61 Å². The molecule has 0 saturated heterocycles. The summed E-state index contributed by atoms with van der Waals surface area (Å²) in [4.78, 5) is 22.4. The topological polar surface area (TPSA) is 72.8 Å². The van der Waals surface area contributed by atoms with Gasteiger partial charge in [0.05, 0.1) is 5.56 Å². The van der Waals surface area contributed by atoms with E-state index in [1.165, 1.54) is 24.3 Å². The van der Waals surface area contributed by atoms with Gasteiger partial charge in [-0.3, -0.25) is 0 Å². The van der Waals surface area contributed by atoms with Crippen molar-refractivity contribution >= 4 is 27.9 Å². The van der Waals surface area contributed by atoms with E-state index in [-0.39, 0.29) is 17.9 Å². The first-order valence-electron chi connectivity index (χ1n) is 6.38. The van der Waals surface area contributed by atoms with Gasteiger partial charge in [-0.2, -0.15) is 0 Å². The van der Waals surface area contributed by atoms with E-state index in [1.54, 1.807) is 6.07 Å². The fourth-order valence-corrected chi connectivity index (χ4v) is 2.21. The first kappa shape index (κ1) is 16.0. The second-order valence-corrected chi connectivity index (χ2v) is 5.42. The summed E-state index contributed by atoms with van der Waals surface area (Å²) < 4.78 is 11.4. The van der Waals surface area contributed by atoms with Crippen molar-refractivity contribution in [3.05, 3.63) is 58.1 Å². The average Bonchev–Trinajstić information content (AvgIpc) is 2.47. The Morgan fingerprint density at radius 1 is 1.14 bits per heavy atom. The summed E-state index contributed by atoms with van der Waals surface area (Å²) in [5.41, 5.74) is 1.02. The van der Waals surface area contributed by atoms with E-state index in [1.807, 2.05) is 19.1 Å². The van der Waals surface area contributed by atoms with Gasteiger partial charge in [0.1, 0.15) is 11.5 Å². The Hall–Kier alpha value is -2.34. The van der Waals surface area contributed by atoms with Gasteiger partial charge in [-0.25, -0.2) is 9.59 Å². The van der Waals surface area contributed by atoms with Gasteiger partial charge in [-0.05, 0) is 55.0 Å². The predicted octanol–water partition coefficient (Wildman–Crippen LogP) is 3.44. The number of carbonyl (C=O) groups excluding carboxylic acids is 1. The standard InChI is InChI=1S/C16H13BrO5/c1-10-8-12(17)4-7-14(10)21-9-15(18)22-13-5-2-11(3-6-13)16(19)20/h2-8H,9H2,1H3,(H,19,20).